The number of para-hydroxylation sites is 1. The van der Waals surface area contributed by atoms with Crippen LogP contribution in [0.3, 0.4) is 0 Å². The van der Waals surface area contributed by atoms with Gasteiger partial charge in [-0.3, -0.25) is 4.79 Å². The van der Waals surface area contributed by atoms with E-state index < -0.39 is 6.10 Å². The molecule has 1 heterocycles. The molecule has 150 valence electrons. The third kappa shape index (κ3) is 4.50. The highest BCUT2D eigenvalue weighted by Gasteiger charge is 2.29. The van der Waals surface area contributed by atoms with Crippen LogP contribution >= 0.6 is 22.9 Å². The van der Waals surface area contributed by atoms with E-state index in [2.05, 4.69) is 5.32 Å². The summed E-state index contributed by atoms with van der Waals surface area (Å²) in [7, 11) is 0. The van der Waals surface area contributed by atoms with Crippen LogP contribution < -0.4 is 10.1 Å². The summed E-state index contributed by atoms with van der Waals surface area (Å²) in [5.74, 6) is -0.217. The fraction of sp³-hybridized carbons (Fsp3) is 0.429. The van der Waals surface area contributed by atoms with Gasteiger partial charge < -0.3 is 14.8 Å². The number of benzene rings is 1. The maximum Gasteiger partial charge on any atom is 0.341 e. The van der Waals surface area contributed by atoms with E-state index in [1.807, 2.05) is 6.92 Å². The van der Waals surface area contributed by atoms with E-state index in [-0.39, 0.29) is 11.9 Å². The fourth-order valence-electron chi connectivity index (χ4n) is 3.28. The molecule has 1 amide bonds. The van der Waals surface area contributed by atoms with Gasteiger partial charge in [-0.1, -0.05) is 30.7 Å². The Morgan fingerprint density at radius 3 is 2.68 bits per heavy atom. The van der Waals surface area contributed by atoms with Crippen molar-refractivity contribution in [1.29, 1.82) is 0 Å². The number of hydrogen-bond donors (Lipinski definition) is 1. The van der Waals surface area contributed by atoms with E-state index in [0.717, 1.165) is 36.1 Å². The molecule has 0 saturated heterocycles. The number of carbonyl (C=O) groups excluding carboxylic acids is 2. The number of amides is 1. The van der Waals surface area contributed by atoms with Gasteiger partial charge in [-0.15, -0.1) is 11.3 Å². The van der Waals surface area contributed by atoms with Crippen molar-refractivity contribution >= 4 is 39.8 Å². The number of ether oxygens (including phenoxy) is 2. The van der Waals surface area contributed by atoms with Crippen molar-refractivity contribution in [2.45, 2.75) is 52.1 Å². The van der Waals surface area contributed by atoms with Crippen LogP contribution in [0.15, 0.2) is 24.3 Å². The molecule has 1 N–H and O–H groups in total. The molecular weight excluding hydrogens is 398 g/mol. The lowest BCUT2D eigenvalue weighted by Gasteiger charge is -2.18. The normalized spacial score (nSPS) is 14.1. The summed E-state index contributed by atoms with van der Waals surface area (Å²) in [6.07, 6.45) is 3.65. The largest absolute Gasteiger partial charge is 0.479 e. The van der Waals surface area contributed by atoms with Crippen LogP contribution in [0.1, 0.15) is 53.9 Å². The maximum absolute atomic E-state index is 12.9. The molecule has 0 aliphatic heterocycles. The fourth-order valence-corrected chi connectivity index (χ4v) is 4.74. The third-order valence-corrected chi connectivity index (χ3v) is 6.18. The number of halogens is 1. The predicted molar refractivity (Wildman–Crippen MR) is 112 cm³/mol. The van der Waals surface area contributed by atoms with Crippen LogP contribution in [0.5, 0.6) is 5.75 Å². The van der Waals surface area contributed by atoms with Crippen molar-refractivity contribution in [3.8, 4) is 5.75 Å². The molecule has 0 saturated carbocycles. The first-order chi connectivity index (χ1) is 13.5. The van der Waals surface area contributed by atoms with Gasteiger partial charge in [0.05, 0.1) is 17.2 Å². The van der Waals surface area contributed by atoms with Crippen LogP contribution in [0.2, 0.25) is 5.02 Å². The van der Waals surface area contributed by atoms with Gasteiger partial charge in [-0.05, 0) is 56.7 Å². The molecule has 1 aromatic carbocycles. The smallest absolute Gasteiger partial charge is 0.341 e. The van der Waals surface area contributed by atoms with Crippen LogP contribution in [0.4, 0.5) is 5.00 Å². The average Bonchev–Trinajstić information content (AvgIpc) is 3.05. The van der Waals surface area contributed by atoms with Gasteiger partial charge in [-0.2, -0.15) is 0 Å². The molecule has 7 heteroatoms. The molecule has 0 spiro atoms. The molecule has 3 rings (SSSR count). The van der Waals surface area contributed by atoms with Crippen LogP contribution in [0.25, 0.3) is 0 Å². The Balaban J connectivity index is 1.83. The zero-order valence-corrected chi connectivity index (χ0v) is 17.6. The lowest BCUT2D eigenvalue weighted by Crippen LogP contribution is -2.32. The highest BCUT2D eigenvalue weighted by molar-refractivity contribution is 7.17. The zero-order chi connectivity index (χ0) is 20.1. The minimum Gasteiger partial charge on any atom is -0.479 e. The Morgan fingerprint density at radius 1 is 1.21 bits per heavy atom. The summed E-state index contributed by atoms with van der Waals surface area (Å²) in [4.78, 5) is 26.6. The molecule has 1 aromatic heterocycles. The lowest BCUT2D eigenvalue weighted by atomic mass is 9.95. The number of anilines is 1. The molecule has 0 radical (unpaired) electrons. The number of nitrogens with one attached hydrogen (secondary N) is 1. The molecule has 5 nitrogen and oxygen atoms in total. The predicted octanol–water partition coefficient (Wildman–Crippen LogP) is 5.25. The molecule has 2 aromatic rings. The second kappa shape index (κ2) is 9.43. The lowest BCUT2D eigenvalue weighted by molar-refractivity contribution is -0.122. The number of esters is 1. The number of hydrogen-bond acceptors (Lipinski definition) is 5. The van der Waals surface area contributed by atoms with E-state index in [0.29, 0.717) is 34.4 Å². The third-order valence-electron chi connectivity index (χ3n) is 4.66. The van der Waals surface area contributed by atoms with Crippen molar-refractivity contribution < 1.29 is 19.1 Å². The van der Waals surface area contributed by atoms with E-state index in [9.17, 15) is 9.59 Å². The first-order valence-corrected chi connectivity index (χ1v) is 10.8. The molecule has 0 bridgehead atoms. The van der Waals surface area contributed by atoms with Crippen molar-refractivity contribution in [2.24, 2.45) is 0 Å². The standard InChI is InChI=1S/C21H24ClNO4S/c1-3-15(27-16-11-7-6-10-14(16)22)19(24)23-20-18(21(25)26-4-2)13-9-5-8-12-17(13)28-20/h6-7,10-11,15H,3-5,8-9,12H2,1-2H3,(H,23,24)/t15-/m0/s1. The zero-order valence-electron chi connectivity index (χ0n) is 16.0. The van der Waals surface area contributed by atoms with Gasteiger partial charge in [0.25, 0.3) is 5.91 Å². The summed E-state index contributed by atoms with van der Waals surface area (Å²) < 4.78 is 11.1. The molecule has 28 heavy (non-hydrogen) atoms. The Labute approximate surface area is 174 Å². The topological polar surface area (TPSA) is 64.6 Å². The van der Waals surface area contributed by atoms with Crippen LogP contribution in [0, 0.1) is 0 Å². The second-order valence-electron chi connectivity index (χ2n) is 6.57. The van der Waals surface area contributed by atoms with E-state index in [1.54, 1.807) is 31.2 Å². The quantitative estimate of drug-likeness (QED) is 0.620. The van der Waals surface area contributed by atoms with E-state index >= 15 is 0 Å². The SMILES string of the molecule is CCOC(=O)c1c(NC(=O)[C@H](CC)Oc2ccccc2Cl)sc2c1CCCC2. The molecule has 0 unspecified atom stereocenters. The van der Waals surface area contributed by atoms with Gasteiger partial charge in [0.1, 0.15) is 10.8 Å². The van der Waals surface area contributed by atoms with Crippen molar-refractivity contribution in [3.05, 3.63) is 45.3 Å². The Hall–Kier alpha value is -2.05. The molecule has 1 aliphatic carbocycles. The monoisotopic (exact) mass is 421 g/mol. The maximum atomic E-state index is 12.9. The highest BCUT2D eigenvalue weighted by atomic mass is 35.5. The average molecular weight is 422 g/mol. The van der Waals surface area contributed by atoms with Crippen molar-refractivity contribution in [3.63, 3.8) is 0 Å². The molecule has 0 fully saturated rings. The Bertz CT molecular complexity index is 864. The second-order valence-corrected chi connectivity index (χ2v) is 8.08. The van der Waals surface area contributed by atoms with Crippen LogP contribution in [-0.4, -0.2) is 24.6 Å². The van der Waals surface area contributed by atoms with Gasteiger partial charge >= 0.3 is 5.97 Å². The Morgan fingerprint density at radius 2 is 1.96 bits per heavy atom. The van der Waals surface area contributed by atoms with E-state index in [4.69, 9.17) is 21.1 Å². The number of fused-ring (bicyclic) bond motifs is 1. The van der Waals surface area contributed by atoms with Crippen molar-refractivity contribution in [2.75, 3.05) is 11.9 Å². The van der Waals surface area contributed by atoms with Gasteiger partial charge in [0, 0.05) is 4.88 Å². The molecule has 1 aliphatic rings. The minimum atomic E-state index is -0.714. The van der Waals surface area contributed by atoms with Gasteiger partial charge in [-0.25, -0.2) is 4.79 Å². The Kier molecular flexibility index (Phi) is 6.97. The van der Waals surface area contributed by atoms with Gasteiger partial charge in [0.15, 0.2) is 6.10 Å². The van der Waals surface area contributed by atoms with E-state index in [1.165, 1.54) is 11.3 Å². The minimum absolute atomic E-state index is 0.296. The molecular formula is C21H24ClNO4S. The van der Waals surface area contributed by atoms with Crippen molar-refractivity contribution in [1.82, 2.24) is 0 Å². The first kappa shape index (κ1) is 20.7. The summed E-state index contributed by atoms with van der Waals surface area (Å²) in [6.45, 7) is 3.94. The summed E-state index contributed by atoms with van der Waals surface area (Å²) in [5.41, 5.74) is 1.52. The summed E-state index contributed by atoms with van der Waals surface area (Å²) in [5, 5.41) is 3.91. The highest BCUT2D eigenvalue weighted by Crippen LogP contribution is 2.39. The molecule has 1 atom stereocenters. The first-order valence-electron chi connectivity index (χ1n) is 9.58. The number of thiophene rings is 1. The van der Waals surface area contributed by atoms with Gasteiger partial charge in [0.2, 0.25) is 0 Å². The number of rotatable bonds is 7. The number of aryl methyl sites for hydroxylation is 1. The summed E-state index contributed by atoms with van der Waals surface area (Å²) in [6, 6.07) is 7.05. The number of carbonyl (C=O) groups is 2. The summed E-state index contributed by atoms with van der Waals surface area (Å²) >= 11 is 7.61. The van der Waals surface area contributed by atoms with Crippen LogP contribution in [-0.2, 0) is 22.4 Å².